The van der Waals surface area contributed by atoms with E-state index in [1.165, 1.54) is 0 Å². The molecule has 0 amide bonds. The normalized spacial score (nSPS) is 19.7. The minimum Gasteiger partial charge on any atom is -0.493 e. The van der Waals surface area contributed by atoms with Gasteiger partial charge in [0, 0.05) is 23.8 Å². The third-order valence-electron chi connectivity index (χ3n) is 3.46. The predicted octanol–water partition coefficient (Wildman–Crippen LogP) is 3.80. The van der Waals surface area contributed by atoms with Gasteiger partial charge in [-0.1, -0.05) is 31.0 Å². The molecule has 0 radical (unpaired) electrons. The van der Waals surface area contributed by atoms with Crippen LogP contribution in [0.15, 0.2) is 30.1 Å². The number of carbonyl (C=O) groups is 1. The predicted molar refractivity (Wildman–Crippen MR) is 95.5 cm³/mol. The molecule has 1 saturated heterocycles. The molecule has 6 nitrogen and oxygen atoms in total. The average Bonchev–Trinajstić information content (AvgIpc) is 3.00. The second-order valence-electron chi connectivity index (χ2n) is 5.41. The first-order valence-electron chi connectivity index (χ1n) is 8.23. The molecule has 2 rings (SSSR count). The molecule has 0 spiro atoms. The second-order valence-corrected chi connectivity index (χ2v) is 6.99. The molecule has 1 unspecified atom stereocenters. The van der Waals surface area contributed by atoms with Crippen molar-refractivity contribution in [1.82, 2.24) is 4.72 Å². The van der Waals surface area contributed by atoms with Crippen molar-refractivity contribution in [3.05, 3.63) is 35.7 Å². The Bertz CT molecular complexity index is 564. The summed E-state index contributed by atoms with van der Waals surface area (Å²) in [7, 11) is 0. The van der Waals surface area contributed by atoms with Gasteiger partial charge in [-0.15, -0.1) is 4.33 Å². The Morgan fingerprint density at radius 3 is 2.88 bits per heavy atom. The fourth-order valence-electron chi connectivity index (χ4n) is 2.31. The first-order valence-corrected chi connectivity index (χ1v) is 9.67. The highest BCUT2D eigenvalue weighted by Crippen LogP contribution is 2.34. The van der Waals surface area contributed by atoms with E-state index in [4.69, 9.17) is 19.1 Å². The molecule has 1 aliphatic rings. The number of para-hydroxylation sites is 1. The van der Waals surface area contributed by atoms with Gasteiger partial charge < -0.3 is 14.7 Å². The number of hydrogen-bond acceptors (Lipinski definition) is 5. The fourth-order valence-corrected chi connectivity index (χ4v) is 3.56. The number of benzene rings is 1. The molecule has 2 N–H and O–H groups in total. The van der Waals surface area contributed by atoms with Gasteiger partial charge in [-0.05, 0) is 37.2 Å². The number of unbranched alkanes of at least 4 members (excludes halogenated alkanes) is 3. The van der Waals surface area contributed by atoms with Crippen molar-refractivity contribution in [2.75, 3.05) is 12.4 Å². The maximum Gasteiger partial charge on any atom is 0.303 e. The summed E-state index contributed by atoms with van der Waals surface area (Å²) in [5.41, 5.74) is 0.941. The summed E-state index contributed by atoms with van der Waals surface area (Å²) in [5, 5.41) is 8.59. The summed E-state index contributed by atoms with van der Waals surface area (Å²) >= 11 is -0.829. The zero-order valence-corrected chi connectivity index (χ0v) is 14.8. The molecule has 134 valence electrons. The summed E-state index contributed by atoms with van der Waals surface area (Å²) in [6.07, 6.45) is 5.78. The van der Waals surface area contributed by atoms with Crippen LogP contribution in [0.1, 0.15) is 44.6 Å². The third kappa shape index (κ3) is 6.33. The highest BCUT2D eigenvalue weighted by atomic mass is 32.2. The quantitative estimate of drug-likeness (QED) is 0.337. The molecular weight excluding hydrogens is 330 g/mol. The number of aliphatic carboxylic acids is 1. The van der Waals surface area contributed by atoms with E-state index in [-0.39, 0.29) is 6.42 Å². The maximum absolute atomic E-state index is 10.4. The molecule has 1 atom stereocenters. The van der Waals surface area contributed by atoms with Crippen LogP contribution in [0, 0.1) is 0 Å². The molecule has 0 saturated carbocycles. The molecule has 0 aromatic heterocycles. The topological polar surface area (TPSA) is 77.0 Å². The van der Waals surface area contributed by atoms with Gasteiger partial charge in [-0.3, -0.25) is 9.52 Å². The SMILES string of the molecule is CCOc1ccccc1/C=C1/N[SH](CCCCCCC(=O)O)OO1. The Labute approximate surface area is 145 Å². The van der Waals surface area contributed by atoms with Gasteiger partial charge in [-0.2, -0.15) is 0 Å². The number of carboxylic acid groups (broad SMARTS) is 1. The van der Waals surface area contributed by atoms with Crippen LogP contribution in [-0.4, -0.2) is 23.4 Å². The lowest BCUT2D eigenvalue weighted by Crippen LogP contribution is -2.04. The van der Waals surface area contributed by atoms with Crippen LogP contribution in [-0.2, 0) is 14.0 Å². The Balaban J connectivity index is 1.73. The van der Waals surface area contributed by atoms with Gasteiger partial charge in [-0.25, -0.2) is 0 Å². The Morgan fingerprint density at radius 1 is 1.29 bits per heavy atom. The lowest BCUT2D eigenvalue weighted by molar-refractivity contribution is -0.137. The Hall–Kier alpha value is -1.86. The molecule has 0 aliphatic carbocycles. The van der Waals surface area contributed by atoms with Gasteiger partial charge in [0.2, 0.25) is 5.88 Å². The number of rotatable bonds is 10. The molecule has 24 heavy (non-hydrogen) atoms. The minimum absolute atomic E-state index is 0.249. The van der Waals surface area contributed by atoms with Crippen LogP contribution in [0.4, 0.5) is 0 Å². The number of carboxylic acids is 1. The van der Waals surface area contributed by atoms with E-state index in [9.17, 15) is 4.79 Å². The number of ether oxygens (including phenoxy) is 1. The van der Waals surface area contributed by atoms with Gasteiger partial charge in [0.1, 0.15) is 5.75 Å². The van der Waals surface area contributed by atoms with E-state index in [1.807, 2.05) is 37.3 Å². The molecule has 1 fully saturated rings. The molecule has 0 bridgehead atoms. The summed E-state index contributed by atoms with van der Waals surface area (Å²) in [6.45, 7) is 2.56. The summed E-state index contributed by atoms with van der Waals surface area (Å²) in [5.74, 6) is 1.56. The van der Waals surface area contributed by atoms with Crippen molar-refractivity contribution in [2.24, 2.45) is 0 Å². The van der Waals surface area contributed by atoms with Crippen LogP contribution in [0.3, 0.4) is 0 Å². The lowest BCUT2D eigenvalue weighted by Gasteiger charge is -2.09. The first-order chi connectivity index (χ1) is 11.7. The van der Waals surface area contributed by atoms with Crippen molar-refractivity contribution in [3.8, 4) is 5.75 Å². The van der Waals surface area contributed by atoms with E-state index in [1.54, 1.807) is 0 Å². The van der Waals surface area contributed by atoms with E-state index >= 15 is 0 Å². The second kappa shape index (κ2) is 10.1. The highest BCUT2D eigenvalue weighted by molar-refractivity contribution is 8.11. The maximum atomic E-state index is 10.4. The summed E-state index contributed by atoms with van der Waals surface area (Å²) in [6, 6.07) is 7.77. The summed E-state index contributed by atoms with van der Waals surface area (Å²) < 4.78 is 14.2. The first kappa shape index (κ1) is 18.5. The zero-order chi connectivity index (χ0) is 17.2. The summed E-state index contributed by atoms with van der Waals surface area (Å²) in [4.78, 5) is 15.7. The molecule has 1 aromatic carbocycles. The van der Waals surface area contributed by atoms with E-state index in [2.05, 4.69) is 4.72 Å². The largest absolute Gasteiger partial charge is 0.493 e. The van der Waals surface area contributed by atoms with Gasteiger partial charge in [0.05, 0.1) is 6.61 Å². The molecule has 7 heteroatoms. The van der Waals surface area contributed by atoms with E-state index < -0.39 is 17.3 Å². The lowest BCUT2D eigenvalue weighted by atomic mass is 10.2. The van der Waals surface area contributed by atoms with Crippen molar-refractivity contribution in [3.63, 3.8) is 0 Å². The zero-order valence-electron chi connectivity index (χ0n) is 13.9. The highest BCUT2D eigenvalue weighted by Gasteiger charge is 2.18. The van der Waals surface area contributed by atoms with Crippen molar-refractivity contribution >= 4 is 23.4 Å². The number of hydrogen-bond donors (Lipinski definition) is 3. The molecule has 1 aromatic rings. The minimum atomic E-state index is -0.829. The molecular formula is C17H25NO5S. The van der Waals surface area contributed by atoms with Gasteiger partial charge >= 0.3 is 5.97 Å². The number of thiol groups is 1. The third-order valence-corrected chi connectivity index (χ3v) is 4.91. The van der Waals surface area contributed by atoms with Crippen molar-refractivity contribution < 1.29 is 23.9 Å². The van der Waals surface area contributed by atoms with Crippen LogP contribution in [0.25, 0.3) is 6.08 Å². The number of nitrogens with one attached hydrogen (secondary N) is 1. The molecule has 1 aliphatic heterocycles. The standard InChI is InChI=1S/C17H25NO5S/c1-2-21-15-10-7-6-9-14(15)13-16-18-24(23-22-16)12-8-4-3-5-11-17(19)20/h6-7,9-10,13,18,24H,2-5,8,11-12H2,1H3,(H,19,20)/b16-13-. The van der Waals surface area contributed by atoms with Gasteiger partial charge in [0.25, 0.3) is 0 Å². The van der Waals surface area contributed by atoms with Crippen LogP contribution >= 0.6 is 11.4 Å². The van der Waals surface area contributed by atoms with Crippen molar-refractivity contribution in [2.45, 2.75) is 39.0 Å². The smallest absolute Gasteiger partial charge is 0.303 e. The average molecular weight is 355 g/mol. The van der Waals surface area contributed by atoms with E-state index in [0.29, 0.717) is 12.5 Å². The Kier molecular flexibility index (Phi) is 7.77. The van der Waals surface area contributed by atoms with Gasteiger partial charge in [0.15, 0.2) is 0 Å². The fraction of sp³-hybridized carbons (Fsp3) is 0.471. The monoisotopic (exact) mass is 355 g/mol. The van der Waals surface area contributed by atoms with Crippen LogP contribution in [0.2, 0.25) is 0 Å². The molecule has 1 heterocycles. The van der Waals surface area contributed by atoms with Crippen LogP contribution < -0.4 is 9.46 Å². The Morgan fingerprint density at radius 2 is 2.08 bits per heavy atom. The van der Waals surface area contributed by atoms with Crippen molar-refractivity contribution in [1.29, 1.82) is 0 Å². The van der Waals surface area contributed by atoms with E-state index in [0.717, 1.165) is 42.7 Å². The van der Waals surface area contributed by atoms with Crippen LogP contribution in [0.5, 0.6) is 5.75 Å².